The van der Waals surface area contributed by atoms with Crippen LogP contribution in [0, 0.1) is 0 Å². The van der Waals surface area contributed by atoms with Crippen LogP contribution >= 0.6 is 0 Å². The van der Waals surface area contributed by atoms with Crippen molar-refractivity contribution in [1.29, 1.82) is 0 Å². The molecule has 0 bridgehead atoms. The van der Waals surface area contributed by atoms with Crippen LogP contribution in [0.1, 0.15) is 194 Å². The van der Waals surface area contributed by atoms with Gasteiger partial charge < -0.3 is 19.8 Å². The van der Waals surface area contributed by atoms with Gasteiger partial charge in [0.1, 0.15) is 0 Å². The zero-order chi connectivity index (χ0) is 29.4. The number of ether oxygens (including phenoxy) is 1. The Labute approximate surface area is 252 Å². The van der Waals surface area contributed by atoms with Gasteiger partial charge in [-0.25, -0.2) is 0 Å². The topological polar surface area (TPSA) is 52.9 Å². The van der Waals surface area contributed by atoms with Gasteiger partial charge in [-0.15, -0.1) is 0 Å². The summed E-state index contributed by atoms with van der Waals surface area (Å²) in [6, 6.07) is 0. The van der Waals surface area contributed by atoms with Gasteiger partial charge >= 0.3 is 0 Å². The lowest BCUT2D eigenvalue weighted by molar-refractivity contribution is -0.144. The average Bonchev–Trinajstić information content (AvgIpc) is 2.95. The molecule has 0 radical (unpaired) electrons. The standard InChI is InChI=1S/C36H75NO3/c1-4-7-10-13-16-21-26-31-37(33-34-38)32-27-22-17-20-25-30-36(39)40-35(28-23-18-14-11-8-5-2)29-24-19-15-12-9-6-3/h35-36,38-39H,4-34H2,1-3H3. The van der Waals surface area contributed by atoms with E-state index in [1.54, 1.807) is 0 Å². The SMILES string of the molecule is CCCCCCCCCN(CCO)CCCCCCCC(O)OC(CCCCCCCC)CCCCCCCC. The minimum Gasteiger partial charge on any atom is -0.395 e. The van der Waals surface area contributed by atoms with Crippen molar-refractivity contribution >= 4 is 0 Å². The summed E-state index contributed by atoms with van der Waals surface area (Å²) in [6.45, 7) is 10.2. The lowest BCUT2D eigenvalue weighted by Gasteiger charge is -2.22. The van der Waals surface area contributed by atoms with Crippen LogP contribution in [0.3, 0.4) is 0 Å². The van der Waals surface area contributed by atoms with E-state index in [0.29, 0.717) is 0 Å². The van der Waals surface area contributed by atoms with Crippen LogP contribution in [0.5, 0.6) is 0 Å². The molecule has 1 unspecified atom stereocenters. The maximum absolute atomic E-state index is 10.6. The number of rotatable bonds is 34. The fourth-order valence-corrected chi connectivity index (χ4v) is 5.83. The first-order chi connectivity index (χ1) is 19.7. The summed E-state index contributed by atoms with van der Waals surface area (Å²) in [4.78, 5) is 2.46. The van der Waals surface area contributed by atoms with Gasteiger partial charge in [0.05, 0.1) is 12.7 Å². The Morgan fingerprint density at radius 2 is 0.800 bits per heavy atom. The molecule has 40 heavy (non-hydrogen) atoms. The van der Waals surface area contributed by atoms with Gasteiger partial charge in [-0.2, -0.15) is 0 Å². The number of aliphatic hydroxyl groups is 2. The number of hydrogen-bond donors (Lipinski definition) is 2. The van der Waals surface area contributed by atoms with E-state index >= 15 is 0 Å². The molecule has 0 saturated carbocycles. The highest BCUT2D eigenvalue weighted by atomic mass is 16.6. The molecule has 0 heterocycles. The van der Waals surface area contributed by atoms with Crippen LogP contribution in [0.25, 0.3) is 0 Å². The van der Waals surface area contributed by atoms with Gasteiger partial charge in [0.15, 0.2) is 6.29 Å². The highest BCUT2D eigenvalue weighted by molar-refractivity contribution is 4.63. The molecule has 0 aliphatic heterocycles. The smallest absolute Gasteiger partial charge is 0.154 e. The van der Waals surface area contributed by atoms with Gasteiger partial charge in [0.2, 0.25) is 0 Å². The quantitative estimate of drug-likeness (QED) is 0.0598. The van der Waals surface area contributed by atoms with Gasteiger partial charge in [0.25, 0.3) is 0 Å². The molecule has 0 aliphatic rings. The fraction of sp³-hybridized carbons (Fsp3) is 1.00. The van der Waals surface area contributed by atoms with E-state index in [1.807, 2.05) is 0 Å². The molecule has 1 atom stereocenters. The molecule has 4 nitrogen and oxygen atoms in total. The van der Waals surface area contributed by atoms with Crippen molar-refractivity contribution in [2.24, 2.45) is 0 Å². The van der Waals surface area contributed by atoms with Crippen molar-refractivity contribution in [3.05, 3.63) is 0 Å². The Morgan fingerprint density at radius 1 is 0.450 bits per heavy atom. The molecule has 0 aromatic carbocycles. The molecule has 0 aromatic heterocycles. The number of hydrogen-bond acceptors (Lipinski definition) is 4. The number of nitrogens with zero attached hydrogens (tertiary/aromatic N) is 1. The van der Waals surface area contributed by atoms with Crippen LogP contribution in [0.4, 0.5) is 0 Å². The normalized spacial score (nSPS) is 12.7. The van der Waals surface area contributed by atoms with Crippen molar-refractivity contribution in [1.82, 2.24) is 4.90 Å². The molecule has 2 N–H and O–H groups in total. The van der Waals surface area contributed by atoms with Gasteiger partial charge in [0, 0.05) is 6.54 Å². The predicted octanol–water partition coefficient (Wildman–Crippen LogP) is 10.6. The highest BCUT2D eigenvalue weighted by Crippen LogP contribution is 2.19. The van der Waals surface area contributed by atoms with E-state index in [4.69, 9.17) is 4.74 Å². The Bertz CT molecular complexity index is 445. The largest absolute Gasteiger partial charge is 0.395 e. The molecule has 0 fully saturated rings. The summed E-state index contributed by atoms with van der Waals surface area (Å²) >= 11 is 0. The van der Waals surface area contributed by atoms with Gasteiger partial charge in [-0.05, 0) is 51.6 Å². The molecule has 0 amide bonds. The van der Waals surface area contributed by atoms with Crippen LogP contribution in [-0.2, 0) is 4.74 Å². The first kappa shape index (κ1) is 39.8. The Hall–Kier alpha value is -0.160. The van der Waals surface area contributed by atoms with E-state index in [9.17, 15) is 10.2 Å². The third kappa shape index (κ3) is 29.3. The van der Waals surface area contributed by atoms with Crippen molar-refractivity contribution in [3.8, 4) is 0 Å². The first-order valence-electron chi connectivity index (χ1n) is 18.3. The van der Waals surface area contributed by atoms with E-state index in [0.717, 1.165) is 45.3 Å². The van der Waals surface area contributed by atoms with Crippen molar-refractivity contribution < 1.29 is 14.9 Å². The van der Waals surface area contributed by atoms with Crippen LogP contribution in [-0.4, -0.2) is 53.7 Å². The minimum absolute atomic E-state index is 0.237. The summed E-state index contributed by atoms with van der Waals surface area (Å²) in [6.07, 6.45) is 33.8. The summed E-state index contributed by atoms with van der Waals surface area (Å²) < 4.78 is 6.19. The minimum atomic E-state index is -0.591. The first-order valence-corrected chi connectivity index (χ1v) is 18.3. The molecule has 0 spiro atoms. The maximum atomic E-state index is 10.6. The predicted molar refractivity (Wildman–Crippen MR) is 176 cm³/mol. The zero-order valence-corrected chi connectivity index (χ0v) is 27.8. The average molecular weight is 570 g/mol. The highest BCUT2D eigenvalue weighted by Gasteiger charge is 2.14. The second kappa shape index (κ2) is 33.3. The summed E-state index contributed by atoms with van der Waals surface area (Å²) in [5, 5.41) is 20.0. The molecule has 0 rings (SSSR count). The van der Waals surface area contributed by atoms with E-state index in [1.165, 1.54) is 148 Å². The lowest BCUT2D eigenvalue weighted by atomic mass is 10.0. The van der Waals surface area contributed by atoms with Gasteiger partial charge in [-0.1, -0.05) is 156 Å². The summed E-state index contributed by atoms with van der Waals surface area (Å²) in [7, 11) is 0. The van der Waals surface area contributed by atoms with Crippen molar-refractivity contribution in [2.45, 2.75) is 207 Å². The van der Waals surface area contributed by atoms with E-state index in [2.05, 4.69) is 25.7 Å². The Kier molecular flexibility index (Phi) is 33.2. The number of unbranched alkanes of at least 4 members (excludes halogenated alkanes) is 20. The monoisotopic (exact) mass is 570 g/mol. The number of aliphatic hydroxyl groups excluding tert-OH is 2. The second-order valence-corrected chi connectivity index (χ2v) is 12.6. The maximum Gasteiger partial charge on any atom is 0.154 e. The third-order valence-corrected chi connectivity index (χ3v) is 8.53. The Balaban J connectivity index is 4.02. The summed E-state index contributed by atoms with van der Waals surface area (Å²) in [5.41, 5.74) is 0. The molecule has 4 heteroatoms. The molecule has 0 aliphatic carbocycles. The second-order valence-electron chi connectivity index (χ2n) is 12.6. The molecular weight excluding hydrogens is 494 g/mol. The Morgan fingerprint density at radius 3 is 1.20 bits per heavy atom. The van der Waals surface area contributed by atoms with E-state index in [-0.39, 0.29) is 12.7 Å². The third-order valence-electron chi connectivity index (χ3n) is 8.53. The van der Waals surface area contributed by atoms with Crippen LogP contribution in [0.2, 0.25) is 0 Å². The van der Waals surface area contributed by atoms with E-state index < -0.39 is 6.29 Å². The van der Waals surface area contributed by atoms with Crippen molar-refractivity contribution in [3.63, 3.8) is 0 Å². The molecule has 242 valence electrons. The fourth-order valence-electron chi connectivity index (χ4n) is 5.83. The van der Waals surface area contributed by atoms with Crippen LogP contribution < -0.4 is 0 Å². The zero-order valence-electron chi connectivity index (χ0n) is 27.8. The summed E-state index contributed by atoms with van der Waals surface area (Å²) in [5.74, 6) is 0. The molecule has 0 saturated heterocycles. The molecular formula is C36H75NO3. The van der Waals surface area contributed by atoms with Crippen LogP contribution in [0.15, 0.2) is 0 Å². The van der Waals surface area contributed by atoms with Crippen molar-refractivity contribution in [2.75, 3.05) is 26.2 Å². The lowest BCUT2D eigenvalue weighted by Crippen LogP contribution is -2.29. The molecule has 0 aromatic rings. The van der Waals surface area contributed by atoms with Gasteiger partial charge in [-0.3, -0.25) is 0 Å².